The Morgan fingerprint density at radius 3 is 2.12 bits per heavy atom. The molecule has 0 saturated carbocycles. The van der Waals surface area contributed by atoms with Crippen LogP contribution in [0.3, 0.4) is 0 Å². The Labute approximate surface area is 193 Å². The summed E-state index contributed by atoms with van der Waals surface area (Å²) in [4.78, 5) is 25.5. The second-order valence-electron chi connectivity index (χ2n) is 7.59. The number of aryl methyl sites for hydroxylation is 1. The standard InChI is InChI=1S/C24H26N4O4S/c1-16-13-20(33(25,31)32)14-21(17(16)2)28-22(29)15-26-23(18-9-5-3-6-10-18)24(30)27-19-11-7-4-8-12-19/h3-14,23,26H,15H2,1-2H3,(H,27,30)(H,28,29)(H2,25,31,32). The third-order valence-electron chi connectivity index (χ3n) is 5.15. The summed E-state index contributed by atoms with van der Waals surface area (Å²) < 4.78 is 23.5. The fourth-order valence-electron chi connectivity index (χ4n) is 3.25. The highest BCUT2D eigenvalue weighted by Crippen LogP contribution is 2.23. The maximum atomic E-state index is 13.0. The molecule has 2 amide bonds. The summed E-state index contributed by atoms with van der Waals surface area (Å²) in [5.74, 6) is -0.749. The van der Waals surface area contributed by atoms with Gasteiger partial charge in [-0.3, -0.25) is 14.9 Å². The molecular formula is C24H26N4O4S. The van der Waals surface area contributed by atoms with E-state index >= 15 is 0 Å². The molecule has 0 bridgehead atoms. The first kappa shape index (κ1) is 24.1. The Morgan fingerprint density at radius 1 is 0.909 bits per heavy atom. The zero-order valence-electron chi connectivity index (χ0n) is 18.3. The predicted molar refractivity (Wildman–Crippen MR) is 128 cm³/mol. The molecule has 0 aromatic heterocycles. The molecule has 3 aromatic rings. The van der Waals surface area contributed by atoms with Crippen LogP contribution < -0.4 is 21.1 Å². The first-order valence-corrected chi connectivity index (χ1v) is 11.8. The Morgan fingerprint density at radius 2 is 1.52 bits per heavy atom. The Hall–Kier alpha value is -3.53. The average molecular weight is 467 g/mol. The van der Waals surface area contributed by atoms with Gasteiger partial charge in [0, 0.05) is 11.4 Å². The maximum absolute atomic E-state index is 13.0. The average Bonchev–Trinajstić information content (AvgIpc) is 2.77. The molecule has 1 atom stereocenters. The van der Waals surface area contributed by atoms with Crippen molar-refractivity contribution in [3.63, 3.8) is 0 Å². The lowest BCUT2D eigenvalue weighted by atomic mass is 10.1. The lowest BCUT2D eigenvalue weighted by Gasteiger charge is -2.19. The fourth-order valence-corrected chi connectivity index (χ4v) is 3.88. The van der Waals surface area contributed by atoms with Crippen LogP contribution in [0.5, 0.6) is 0 Å². The molecule has 9 heteroatoms. The van der Waals surface area contributed by atoms with E-state index in [1.807, 2.05) is 36.4 Å². The highest BCUT2D eigenvalue weighted by Gasteiger charge is 2.22. The molecule has 0 radical (unpaired) electrons. The van der Waals surface area contributed by atoms with Gasteiger partial charge in [-0.1, -0.05) is 48.5 Å². The fraction of sp³-hybridized carbons (Fsp3) is 0.167. The Kier molecular flexibility index (Phi) is 7.59. The number of carbonyl (C=O) groups excluding carboxylic acids is 2. The molecular weight excluding hydrogens is 440 g/mol. The number of nitrogens with two attached hydrogens (primary N) is 1. The molecule has 0 spiro atoms. The third-order valence-corrected chi connectivity index (χ3v) is 6.04. The summed E-state index contributed by atoms with van der Waals surface area (Å²) in [5.41, 5.74) is 3.07. The van der Waals surface area contributed by atoms with Crippen molar-refractivity contribution >= 4 is 33.2 Å². The normalized spacial score (nSPS) is 12.1. The molecule has 5 N–H and O–H groups in total. The van der Waals surface area contributed by atoms with Crippen molar-refractivity contribution in [2.75, 3.05) is 17.2 Å². The minimum Gasteiger partial charge on any atom is -0.325 e. The summed E-state index contributed by atoms with van der Waals surface area (Å²) in [5, 5.41) is 13.8. The number of hydrogen-bond acceptors (Lipinski definition) is 5. The van der Waals surface area contributed by atoms with Crippen LogP contribution in [-0.4, -0.2) is 26.8 Å². The van der Waals surface area contributed by atoms with E-state index in [1.165, 1.54) is 12.1 Å². The molecule has 0 saturated heterocycles. The van der Waals surface area contributed by atoms with Crippen LogP contribution in [-0.2, 0) is 19.6 Å². The number of rotatable bonds is 8. The Bertz CT molecular complexity index is 1250. The van der Waals surface area contributed by atoms with Crippen LogP contribution in [0.2, 0.25) is 0 Å². The number of carbonyl (C=O) groups is 2. The molecule has 0 aliphatic heterocycles. The number of sulfonamides is 1. The van der Waals surface area contributed by atoms with Crippen molar-refractivity contribution in [1.29, 1.82) is 0 Å². The highest BCUT2D eigenvalue weighted by atomic mass is 32.2. The first-order valence-electron chi connectivity index (χ1n) is 10.2. The third kappa shape index (κ3) is 6.48. The lowest BCUT2D eigenvalue weighted by Crippen LogP contribution is -2.38. The second-order valence-corrected chi connectivity index (χ2v) is 9.15. The molecule has 0 aliphatic rings. The van der Waals surface area contributed by atoms with Crippen molar-refractivity contribution in [1.82, 2.24) is 5.32 Å². The van der Waals surface area contributed by atoms with Gasteiger partial charge in [-0.2, -0.15) is 0 Å². The quantitative estimate of drug-likeness (QED) is 0.406. The zero-order valence-corrected chi connectivity index (χ0v) is 19.1. The van der Waals surface area contributed by atoms with E-state index in [9.17, 15) is 18.0 Å². The van der Waals surface area contributed by atoms with Gasteiger partial charge >= 0.3 is 0 Å². The van der Waals surface area contributed by atoms with Crippen molar-refractivity contribution in [2.24, 2.45) is 5.14 Å². The van der Waals surface area contributed by atoms with Crippen LogP contribution in [0, 0.1) is 13.8 Å². The predicted octanol–water partition coefficient (Wildman–Crippen LogP) is 2.86. The maximum Gasteiger partial charge on any atom is 0.246 e. The minimum atomic E-state index is -3.92. The molecule has 172 valence electrons. The van der Waals surface area contributed by atoms with Crippen LogP contribution >= 0.6 is 0 Å². The van der Waals surface area contributed by atoms with Crippen LogP contribution in [0.4, 0.5) is 11.4 Å². The van der Waals surface area contributed by atoms with E-state index in [2.05, 4.69) is 16.0 Å². The number of anilines is 2. The molecule has 3 aromatic carbocycles. The molecule has 0 aliphatic carbocycles. The molecule has 1 unspecified atom stereocenters. The lowest BCUT2D eigenvalue weighted by molar-refractivity contribution is -0.119. The zero-order chi connectivity index (χ0) is 24.0. The van der Waals surface area contributed by atoms with Crippen molar-refractivity contribution in [3.8, 4) is 0 Å². The summed E-state index contributed by atoms with van der Waals surface area (Å²) in [6.45, 7) is 3.32. The highest BCUT2D eigenvalue weighted by molar-refractivity contribution is 7.89. The first-order chi connectivity index (χ1) is 15.6. The van der Waals surface area contributed by atoms with E-state index in [-0.39, 0.29) is 17.3 Å². The number of benzene rings is 3. The number of nitrogens with one attached hydrogen (secondary N) is 3. The summed E-state index contributed by atoms with van der Waals surface area (Å²) in [6, 6.07) is 20.1. The monoisotopic (exact) mass is 466 g/mol. The molecule has 33 heavy (non-hydrogen) atoms. The number of primary sulfonamides is 1. The largest absolute Gasteiger partial charge is 0.325 e. The summed E-state index contributed by atoms with van der Waals surface area (Å²) in [7, 11) is -3.92. The SMILES string of the molecule is Cc1cc(S(N)(=O)=O)cc(NC(=O)CNC(C(=O)Nc2ccccc2)c2ccccc2)c1C. The van der Waals surface area contributed by atoms with E-state index in [0.717, 1.165) is 5.56 Å². The van der Waals surface area contributed by atoms with E-state index in [0.29, 0.717) is 22.5 Å². The molecule has 0 fully saturated rings. The van der Waals surface area contributed by atoms with Crippen LogP contribution in [0.15, 0.2) is 77.7 Å². The number of amides is 2. The van der Waals surface area contributed by atoms with Gasteiger partial charge in [0.2, 0.25) is 21.8 Å². The van der Waals surface area contributed by atoms with Crippen molar-refractivity contribution in [3.05, 3.63) is 89.5 Å². The summed E-state index contributed by atoms with van der Waals surface area (Å²) in [6.07, 6.45) is 0. The molecule has 8 nitrogen and oxygen atoms in total. The summed E-state index contributed by atoms with van der Waals surface area (Å²) >= 11 is 0. The molecule has 0 heterocycles. The van der Waals surface area contributed by atoms with Gasteiger partial charge in [0.05, 0.1) is 11.4 Å². The van der Waals surface area contributed by atoms with Gasteiger partial charge in [-0.05, 0) is 54.8 Å². The van der Waals surface area contributed by atoms with Gasteiger partial charge in [-0.15, -0.1) is 0 Å². The minimum absolute atomic E-state index is 0.0849. The number of para-hydroxylation sites is 1. The Balaban J connectivity index is 1.75. The van der Waals surface area contributed by atoms with E-state index in [4.69, 9.17) is 5.14 Å². The van der Waals surface area contributed by atoms with Crippen molar-refractivity contribution < 1.29 is 18.0 Å². The van der Waals surface area contributed by atoms with Crippen LogP contribution in [0.1, 0.15) is 22.7 Å². The topological polar surface area (TPSA) is 130 Å². The van der Waals surface area contributed by atoms with Gasteiger partial charge in [0.15, 0.2) is 0 Å². The number of hydrogen-bond donors (Lipinski definition) is 4. The van der Waals surface area contributed by atoms with E-state index < -0.39 is 22.0 Å². The smallest absolute Gasteiger partial charge is 0.246 e. The second kappa shape index (κ2) is 10.4. The van der Waals surface area contributed by atoms with Crippen LogP contribution in [0.25, 0.3) is 0 Å². The van der Waals surface area contributed by atoms with E-state index in [1.54, 1.807) is 38.1 Å². The van der Waals surface area contributed by atoms with Crippen molar-refractivity contribution in [2.45, 2.75) is 24.8 Å². The molecule has 3 rings (SSSR count). The van der Waals surface area contributed by atoms with Gasteiger partial charge < -0.3 is 10.6 Å². The van der Waals surface area contributed by atoms with Gasteiger partial charge in [-0.25, -0.2) is 13.6 Å². The van der Waals surface area contributed by atoms with Gasteiger partial charge in [0.1, 0.15) is 6.04 Å². The van der Waals surface area contributed by atoms with Gasteiger partial charge in [0.25, 0.3) is 0 Å².